The average molecular weight is 586 g/mol. The topological polar surface area (TPSA) is 105 Å². The molecule has 3 heterocycles. The summed E-state index contributed by atoms with van der Waals surface area (Å²) < 4.78 is 34.6. The van der Waals surface area contributed by atoms with E-state index in [1.807, 2.05) is 40.1 Å². The van der Waals surface area contributed by atoms with Crippen molar-refractivity contribution in [1.82, 2.24) is 14.1 Å². The number of benzene rings is 2. The fourth-order valence-corrected chi connectivity index (χ4v) is 7.23. The number of piperidine rings is 1. The summed E-state index contributed by atoms with van der Waals surface area (Å²) in [5.41, 5.74) is 1.42. The summed E-state index contributed by atoms with van der Waals surface area (Å²) in [5, 5.41) is 4.67. The van der Waals surface area contributed by atoms with Crippen molar-refractivity contribution in [3.05, 3.63) is 76.2 Å². The van der Waals surface area contributed by atoms with Crippen molar-refractivity contribution in [2.45, 2.75) is 24.7 Å². The van der Waals surface area contributed by atoms with Crippen LogP contribution in [-0.4, -0.2) is 74.3 Å². The number of hydrogen-bond donors (Lipinski definition) is 0. The van der Waals surface area contributed by atoms with E-state index in [1.54, 1.807) is 31.3 Å². The van der Waals surface area contributed by atoms with Gasteiger partial charge < -0.3 is 14.5 Å². The van der Waals surface area contributed by atoms with Gasteiger partial charge in [0.15, 0.2) is 0 Å². The minimum absolute atomic E-state index is 0.0799. The van der Waals surface area contributed by atoms with Crippen LogP contribution in [0.2, 0.25) is 5.02 Å². The molecule has 212 valence electrons. The second-order valence-electron chi connectivity index (χ2n) is 9.79. The number of halogens is 1. The number of ether oxygens (including phenoxy) is 1. The Bertz CT molecular complexity index is 1520. The van der Waals surface area contributed by atoms with Crippen molar-refractivity contribution < 1.29 is 17.9 Å². The van der Waals surface area contributed by atoms with Gasteiger partial charge in [0.1, 0.15) is 10.6 Å². The van der Waals surface area contributed by atoms with Crippen LogP contribution < -0.4 is 15.4 Å². The number of aromatic nitrogens is 2. The van der Waals surface area contributed by atoms with Crippen LogP contribution in [0.1, 0.15) is 19.8 Å². The number of esters is 1. The van der Waals surface area contributed by atoms with Crippen LogP contribution in [0.3, 0.4) is 0 Å². The molecule has 40 heavy (non-hydrogen) atoms. The monoisotopic (exact) mass is 585 g/mol. The summed E-state index contributed by atoms with van der Waals surface area (Å²) in [6, 6.07) is 15.6. The molecule has 2 saturated heterocycles. The first-order valence-corrected chi connectivity index (χ1v) is 15.2. The summed E-state index contributed by atoms with van der Waals surface area (Å²) in [5.74, 6) is -0.596. The average Bonchev–Trinajstić information content (AvgIpc) is 2.98. The first-order chi connectivity index (χ1) is 19.3. The van der Waals surface area contributed by atoms with Crippen LogP contribution in [0, 0.1) is 5.92 Å². The third kappa shape index (κ3) is 5.59. The third-order valence-electron chi connectivity index (χ3n) is 7.33. The molecule has 0 saturated carbocycles. The van der Waals surface area contributed by atoms with Gasteiger partial charge in [-0.2, -0.15) is 14.1 Å². The number of para-hydroxylation sites is 1. The molecule has 5 rings (SSSR count). The number of piperazine rings is 1. The lowest BCUT2D eigenvalue weighted by atomic mass is 9.97. The zero-order valence-corrected chi connectivity index (χ0v) is 23.9. The lowest BCUT2D eigenvalue weighted by Crippen LogP contribution is -2.50. The third-order valence-corrected chi connectivity index (χ3v) is 9.72. The Balaban J connectivity index is 1.46. The lowest BCUT2D eigenvalue weighted by molar-refractivity contribution is -0.148. The fraction of sp³-hybridized carbons (Fsp3) is 0.393. The maximum Gasteiger partial charge on any atom is 0.310 e. The molecule has 12 heteroatoms. The molecular weight excluding hydrogens is 554 g/mol. The Labute approximate surface area is 238 Å². The highest BCUT2D eigenvalue weighted by Gasteiger charge is 2.34. The number of sulfonamides is 1. The van der Waals surface area contributed by atoms with Gasteiger partial charge in [0.25, 0.3) is 5.56 Å². The molecular formula is C28H32ClN5O5S. The van der Waals surface area contributed by atoms with E-state index in [9.17, 15) is 18.0 Å². The number of anilines is 2. The minimum Gasteiger partial charge on any atom is -0.466 e. The SMILES string of the molecule is CCOC(=O)C1CCCN(c2c(N3CCN(S(=O)(=O)c4ccccc4Cl)CC3)cnn(-c3ccccc3)c2=O)C1. The fourth-order valence-electron chi connectivity index (χ4n) is 5.31. The Morgan fingerprint density at radius 1 is 1.00 bits per heavy atom. The molecule has 3 aromatic rings. The molecule has 2 aliphatic rings. The maximum absolute atomic E-state index is 14.0. The molecule has 2 aliphatic heterocycles. The Kier molecular flexibility index (Phi) is 8.43. The quantitative estimate of drug-likeness (QED) is 0.389. The molecule has 0 bridgehead atoms. The molecule has 2 aromatic carbocycles. The highest BCUT2D eigenvalue weighted by Crippen LogP contribution is 2.32. The molecule has 2 fully saturated rings. The Morgan fingerprint density at radius 3 is 2.40 bits per heavy atom. The predicted molar refractivity (Wildman–Crippen MR) is 154 cm³/mol. The van der Waals surface area contributed by atoms with E-state index >= 15 is 0 Å². The summed E-state index contributed by atoms with van der Waals surface area (Å²) in [7, 11) is -3.77. The van der Waals surface area contributed by atoms with E-state index in [4.69, 9.17) is 16.3 Å². The molecule has 0 spiro atoms. The van der Waals surface area contributed by atoms with Crippen LogP contribution in [-0.2, 0) is 19.6 Å². The number of hydrogen-bond acceptors (Lipinski definition) is 8. The zero-order valence-electron chi connectivity index (χ0n) is 22.3. The van der Waals surface area contributed by atoms with Crippen LogP contribution in [0.5, 0.6) is 0 Å². The molecule has 0 amide bonds. The van der Waals surface area contributed by atoms with Crippen molar-refractivity contribution in [3.63, 3.8) is 0 Å². The first kappa shape index (κ1) is 28.1. The van der Waals surface area contributed by atoms with E-state index in [0.29, 0.717) is 56.3 Å². The number of nitrogens with zero attached hydrogens (tertiary/aromatic N) is 5. The van der Waals surface area contributed by atoms with Gasteiger partial charge in [-0.15, -0.1) is 0 Å². The van der Waals surface area contributed by atoms with E-state index in [2.05, 4.69) is 5.10 Å². The smallest absolute Gasteiger partial charge is 0.310 e. The normalized spacial score (nSPS) is 18.5. The van der Waals surface area contributed by atoms with Crippen molar-refractivity contribution in [2.75, 3.05) is 55.7 Å². The van der Waals surface area contributed by atoms with Crippen LogP contribution in [0.25, 0.3) is 5.69 Å². The molecule has 0 aliphatic carbocycles. The van der Waals surface area contributed by atoms with Gasteiger partial charge in [-0.1, -0.05) is 41.9 Å². The van der Waals surface area contributed by atoms with Crippen LogP contribution >= 0.6 is 11.6 Å². The molecule has 10 nitrogen and oxygen atoms in total. The second kappa shape index (κ2) is 12.0. The van der Waals surface area contributed by atoms with Gasteiger partial charge in [-0.3, -0.25) is 9.59 Å². The molecule has 0 N–H and O–H groups in total. The van der Waals surface area contributed by atoms with Crippen molar-refractivity contribution in [2.24, 2.45) is 5.92 Å². The summed E-state index contributed by atoms with van der Waals surface area (Å²) in [6.45, 7) is 4.23. The first-order valence-electron chi connectivity index (χ1n) is 13.4. The summed E-state index contributed by atoms with van der Waals surface area (Å²) >= 11 is 6.20. The highest BCUT2D eigenvalue weighted by molar-refractivity contribution is 7.89. The van der Waals surface area contributed by atoms with Crippen molar-refractivity contribution >= 4 is 39.0 Å². The Morgan fingerprint density at radius 2 is 1.70 bits per heavy atom. The van der Waals surface area contributed by atoms with Gasteiger partial charge in [0.05, 0.1) is 35.1 Å². The second-order valence-corrected chi connectivity index (χ2v) is 12.1. The van der Waals surface area contributed by atoms with Crippen LogP contribution in [0.15, 0.2) is 70.5 Å². The zero-order chi connectivity index (χ0) is 28.3. The van der Waals surface area contributed by atoms with E-state index in [1.165, 1.54) is 15.1 Å². The minimum atomic E-state index is -3.77. The van der Waals surface area contributed by atoms with Gasteiger partial charge in [0.2, 0.25) is 10.0 Å². The standard InChI is InChI=1S/C28H32ClN5O5S/c1-2-39-28(36)21-9-8-14-32(20-21)26-24(19-30-34(27(26)35)22-10-4-3-5-11-22)31-15-17-33(18-16-31)40(37,38)25-13-7-6-12-23(25)29/h3-7,10-13,19,21H,2,8-9,14-18,20H2,1H3. The van der Waals surface area contributed by atoms with Gasteiger partial charge in [-0.05, 0) is 44.0 Å². The van der Waals surface area contributed by atoms with Gasteiger partial charge in [0, 0.05) is 39.3 Å². The summed E-state index contributed by atoms with van der Waals surface area (Å²) in [4.78, 5) is 30.6. The van der Waals surface area contributed by atoms with E-state index in [-0.39, 0.29) is 40.5 Å². The van der Waals surface area contributed by atoms with Crippen molar-refractivity contribution in [3.8, 4) is 5.69 Å². The lowest BCUT2D eigenvalue weighted by Gasteiger charge is -2.39. The number of carbonyl (C=O) groups excluding carboxylic acids is 1. The van der Waals surface area contributed by atoms with Crippen LogP contribution in [0.4, 0.5) is 11.4 Å². The van der Waals surface area contributed by atoms with E-state index in [0.717, 1.165) is 6.42 Å². The maximum atomic E-state index is 14.0. The van der Waals surface area contributed by atoms with Crippen molar-refractivity contribution in [1.29, 1.82) is 0 Å². The number of rotatable bonds is 7. The summed E-state index contributed by atoms with van der Waals surface area (Å²) in [6.07, 6.45) is 3.09. The Hall–Kier alpha value is -3.41. The molecule has 1 aromatic heterocycles. The van der Waals surface area contributed by atoms with Gasteiger partial charge >= 0.3 is 5.97 Å². The molecule has 1 atom stereocenters. The molecule has 0 radical (unpaired) electrons. The van der Waals surface area contributed by atoms with E-state index < -0.39 is 10.0 Å². The molecule has 1 unspecified atom stereocenters. The predicted octanol–water partition coefficient (Wildman–Crippen LogP) is 3.18. The van der Waals surface area contributed by atoms with Gasteiger partial charge in [-0.25, -0.2) is 8.42 Å². The largest absolute Gasteiger partial charge is 0.466 e. The highest BCUT2D eigenvalue weighted by atomic mass is 35.5. The number of carbonyl (C=O) groups is 1.